The smallest absolute Gasteiger partial charge is 0.206 e. The van der Waals surface area contributed by atoms with E-state index >= 15 is 0 Å². The fourth-order valence-electron chi connectivity index (χ4n) is 3.26. The Morgan fingerprint density at radius 3 is 2.58 bits per heavy atom. The highest BCUT2D eigenvalue weighted by Gasteiger charge is 2.12. The molecule has 0 N–H and O–H groups in total. The molecule has 1 saturated heterocycles. The zero-order valence-electron chi connectivity index (χ0n) is 16.9. The molecule has 1 aromatic heterocycles. The summed E-state index contributed by atoms with van der Waals surface area (Å²) in [6, 6.07) is 13.8. The molecule has 0 atom stereocenters. The lowest BCUT2D eigenvalue weighted by atomic mass is 10.2. The molecule has 0 spiro atoms. The Kier molecular flexibility index (Phi) is 7.25. The Morgan fingerprint density at radius 2 is 1.87 bits per heavy atom. The Bertz CT molecular complexity index is 1150. The van der Waals surface area contributed by atoms with Crippen molar-refractivity contribution in [2.75, 3.05) is 37.7 Å². The second kappa shape index (κ2) is 10.3. The monoisotopic (exact) mass is 472 g/mol. The summed E-state index contributed by atoms with van der Waals surface area (Å²) in [6.07, 6.45) is 3.59. The van der Waals surface area contributed by atoms with Crippen molar-refractivity contribution in [2.24, 2.45) is 10.1 Å². The SMILES string of the molecule is C=CCN=c1scc(-c2ccc(Cl)cc2Cl)n1N=Cc1ccc(N2CCOCC2)cc1. The molecule has 0 amide bonds. The molecule has 1 fully saturated rings. The number of rotatable bonds is 6. The summed E-state index contributed by atoms with van der Waals surface area (Å²) < 4.78 is 7.23. The maximum absolute atomic E-state index is 6.45. The lowest BCUT2D eigenvalue weighted by Gasteiger charge is -2.28. The van der Waals surface area contributed by atoms with Crippen molar-refractivity contribution in [1.82, 2.24) is 4.68 Å². The molecule has 0 aliphatic carbocycles. The van der Waals surface area contributed by atoms with Crippen LogP contribution in [0.25, 0.3) is 11.3 Å². The Balaban J connectivity index is 1.65. The van der Waals surface area contributed by atoms with Crippen LogP contribution < -0.4 is 9.70 Å². The van der Waals surface area contributed by atoms with Crippen molar-refractivity contribution in [3.05, 3.63) is 80.9 Å². The van der Waals surface area contributed by atoms with Crippen LogP contribution in [0.3, 0.4) is 0 Å². The van der Waals surface area contributed by atoms with Gasteiger partial charge < -0.3 is 9.64 Å². The first-order valence-electron chi connectivity index (χ1n) is 9.90. The number of nitrogens with zero attached hydrogens (tertiary/aromatic N) is 4. The van der Waals surface area contributed by atoms with Crippen LogP contribution in [-0.4, -0.2) is 43.7 Å². The minimum atomic E-state index is 0.512. The molecule has 0 bridgehead atoms. The molecule has 31 heavy (non-hydrogen) atoms. The summed E-state index contributed by atoms with van der Waals surface area (Å²) in [7, 11) is 0. The van der Waals surface area contributed by atoms with E-state index in [0.29, 0.717) is 16.6 Å². The van der Waals surface area contributed by atoms with Gasteiger partial charge in [0.05, 0.1) is 36.7 Å². The first-order valence-corrected chi connectivity index (χ1v) is 11.5. The van der Waals surface area contributed by atoms with Crippen molar-refractivity contribution in [3.8, 4) is 11.3 Å². The normalized spacial score (nSPS) is 15.0. The number of thiazole rings is 1. The maximum Gasteiger partial charge on any atom is 0.206 e. The Labute approximate surface area is 195 Å². The Morgan fingerprint density at radius 1 is 1.10 bits per heavy atom. The average molecular weight is 473 g/mol. The van der Waals surface area contributed by atoms with Crippen molar-refractivity contribution in [2.45, 2.75) is 0 Å². The third-order valence-electron chi connectivity index (χ3n) is 4.84. The number of anilines is 1. The van der Waals surface area contributed by atoms with Crippen molar-refractivity contribution < 1.29 is 4.74 Å². The molecular formula is C23H22Cl2N4OS. The summed E-state index contributed by atoms with van der Waals surface area (Å²) in [4.78, 5) is 7.66. The van der Waals surface area contributed by atoms with E-state index in [9.17, 15) is 0 Å². The van der Waals surface area contributed by atoms with Crippen LogP contribution >= 0.6 is 34.5 Å². The third kappa shape index (κ3) is 5.28. The minimum absolute atomic E-state index is 0.512. The predicted octanol–water partition coefficient (Wildman–Crippen LogP) is 5.33. The molecule has 5 nitrogen and oxygen atoms in total. The van der Waals surface area contributed by atoms with Crippen LogP contribution in [0.15, 0.2) is 70.6 Å². The van der Waals surface area contributed by atoms with Crippen LogP contribution in [0.4, 0.5) is 5.69 Å². The van der Waals surface area contributed by atoms with E-state index in [1.54, 1.807) is 16.8 Å². The molecule has 160 valence electrons. The van der Waals surface area contributed by atoms with Gasteiger partial charge in [-0.1, -0.05) is 41.4 Å². The van der Waals surface area contributed by atoms with E-state index in [4.69, 9.17) is 33.0 Å². The number of ether oxygens (including phenoxy) is 1. The molecule has 1 aliphatic heterocycles. The number of hydrogen-bond acceptors (Lipinski definition) is 5. The number of benzene rings is 2. The first kappa shape index (κ1) is 21.8. The molecule has 2 aromatic carbocycles. The van der Waals surface area contributed by atoms with E-state index in [0.717, 1.165) is 47.9 Å². The van der Waals surface area contributed by atoms with Gasteiger partial charge in [0.15, 0.2) is 0 Å². The fourth-order valence-corrected chi connectivity index (χ4v) is 4.61. The molecule has 0 radical (unpaired) electrons. The highest BCUT2D eigenvalue weighted by Crippen LogP contribution is 2.30. The summed E-state index contributed by atoms with van der Waals surface area (Å²) in [5.74, 6) is 0. The van der Waals surface area contributed by atoms with Crippen LogP contribution in [0.2, 0.25) is 10.0 Å². The van der Waals surface area contributed by atoms with Crippen LogP contribution in [0, 0.1) is 0 Å². The first-order chi connectivity index (χ1) is 15.2. The third-order valence-corrected chi connectivity index (χ3v) is 6.24. The van der Waals surface area contributed by atoms with Crippen LogP contribution in [0.5, 0.6) is 0 Å². The van der Waals surface area contributed by atoms with Gasteiger partial charge in [-0.2, -0.15) is 5.10 Å². The van der Waals surface area contributed by atoms with Gasteiger partial charge in [-0.25, -0.2) is 4.68 Å². The van der Waals surface area contributed by atoms with Crippen LogP contribution in [-0.2, 0) is 4.74 Å². The Hall–Kier alpha value is -2.38. The largest absolute Gasteiger partial charge is 0.378 e. The number of hydrogen-bond donors (Lipinski definition) is 0. The summed E-state index contributed by atoms with van der Waals surface area (Å²) >= 11 is 14.0. The average Bonchev–Trinajstić information content (AvgIpc) is 3.19. The molecular weight excluding hydrogens is 451 g/mol. The highest BCUT2D eigenvalue weighted by molar-refractivity contribution is 7.07. The fraction of sp³-hybridized carbons (Fsp3) is 0.217. The molecule has 2 heterocycles. The lowest BCUT2D eigenvalue weighted by Crippen LogP contribution is -2.36. The van der Waals surface area contributed by atoms with Gasteiger partial charge in [-0.3, -0.25) is 4.99 Å². The van der Waals surface area contributed by atoms with Gasteiger partial charge in [-0.15, -0.1) is 17.9 Å². The second-order valence-electron chi connectivity index (χ2n) is 6.90. The summed E-state index contributed by atoms with van der Waals surface area (Å²) in [6.45, 7) is 7.63. The van der Waals surface area contributed by atoms with Gasteiger partial charge in [0.25, 0.3) is 0 Å². The van der Waals surface area contributed by atoms with Crippen molar-refractivity contribution >= 4 is 46.4 Å². The van der Waals surface area contributed by atoms with E-state index < -0.39 is 0 Å². The van der Waals surface area contributed by atoms with Crippen molar-refractivity contribution in [1.29, 1.82) is 0 Å². The number of halogens is 2. The molecule has 1 aliphatic rings. The molecule has 0 unspecified atom stereocenters. The molecule has 8 heteroatoms. The topological polar surface area (TPSA) is 42.1 Å². The van der Waals surface area contributed by atoms with E-state index in [-0.39, 0.29) is 0 Å². The number of aromatic nitrogens is 1. The quantitative estimate of drug-likeness (QED) is 0.359. The van der Waals surface area contributed by atoms with Crippen LogP contribution in [0.1, 0.15) is 5.56 Å². The zero-order chi connectivity index (χ0) is 21.6. The van der Waals surface area contributed by atoms with E-state index in [1.165, 1.54) is 17.0 Å². The molecule has 0 saturated carbocycles. The number of morpholine rings is 1. The minimum Gasteiger partial charge on any atom is -0.378 e. The van der Waals surface area contributed by atoms with Gasteiger partial charge in [0.2, 0.25) is 4.80 Å². The van der Waals surface area contributed by atoms with Gasteiger partial charge in [0.1, 0.15) is 0 Å². The van der Waals surface area contributed by atoms with Crippen molar-refractivity contribution in [3.63, 3.8) is 0 Å². The second-order valence-corrected chi connectivity index (χ2v) is 8.58. The highest BCUT2D eigenvalue weighted by atomic mass is 35.5. The van der Waals surface area contributed by atoms with E-state index in [1.807, 2.05) is 23.7 Å². The standard InChI is InChI=1S/C23H22Cl2N4OS/c1-2-9-26-23-29(22(16-31-23)20-8-5-18(24)14-21(20)25)27-15-17-3-6-19(7-4-17)28-10-12-30-13-11-28/h2-8,14-16H,1,9-13H2. The molecule has 4 rings (SSSR count). The lowest BCUT2D eigenvalue weighted by molar-refractivity contribution is 0.122. The summed E-state index contributed by atoms with van der Waals surface area (Å²) in [5.41, 5.74) is 3.90. The zero-order valence-corrected chi connectivity index (χ0v) is 19.2. The summed E-state index contributed by atoms with van der Waals surface area (Å²) in [5, 5.41) is 7.88. The molecule has 3 aromatic rings. The van der Waals surface area contributed by atoms with Gasteiger partial charge >= 0.3 is 0 Å². The van der Waals surface area contributed by atoms with Gasteiger partial charge in [-0.05, 0) is 35.9 Å². The van der Waals surface area contributed by atoms with E-state index in [2.05, 4.69) is 40.7 Å². The van der Waals surface area contributed by atoms with Gasteiger partial charge in [0, 0.05) is 34.7 Å². The predicted molar refractivity (Wildman–Crippen MR) is 131 cm³/mol. The maximum atomic E-state index is 6.45.